The van der Waals surface area contributed by atoms with Crippen LogP contribution in [0.3, 0.4) is 0 Å². The molecular weight excluding hydrogens is 403 g/mol. The van der Waals surface area contributed by atoms with Gasteiger partial charge in [0.1, 0.15) is 0 Å². The number of hydrogen-bond acceptors (Lipinski definition) is 3. The van der Waals surface area contributed by atoms with Crippen molar-refractivity contribution in [3.8, 4) is 0 Å². The van der Waals surface area contributed by atoms with Crippen LogP contribution in [-0.2, 0) is 18.5 Å². The van der Waals surface area contributed by atoms with E-state index in [1.165, 1.54) is 5.56 Å². The predicted octanol–water partition coefficient (Wildman–Crippen LogP) is 0.338. The molecule has 0 fully saturated rings. The summed E-state index contributed by atoms with van der Waals surface area (Å²) in [5.41, 5.74) is 2.11. The van der Waals surface area contributed by atoms with Gasteiger partial charge in [-0.1, -0.05) is 0 Å². The monoisotopic (exact) mass is 419 g/mol. The average molecular weight is 419 g/mol. The Balaban J connectivity index is 2.04. The number of rotatable bonds is 6. The fourth-order valence-electron chi connectivity index (χ4n) is 1.74. The summed E-state index contributed by atoms with van der Waals surface area (Å²) in [6, 6.07) is 17.4. The topological polar surface area (TPSA) is 34.1 Å². The van der Waals surface area contributed by atoms with Gasteiger partial charge in [0.25, 0.3) is 0 Å². The average Bonchev–Trinajstić information content (AvgIpc) is 2.41. The van der Waals surface area contributed by atoms with Crippen LogP contribution >= 0.6 is 11.8 Å². The van der Waals surface area contributed by atoms with Gasteiger partial charge in [0.2, 0.25) is 0 Å². The van der Waals surface area contributed by atoms with Gasteiger partial charge in [-0.05, 0) is 0 Å². The molecule has 108 valence electrons. The second-order valence-corrected chi connectivity index (χ2v) is 13.3. The summed E-state index contributed by atoms with van der Waals surface area (Å²) in [6.07, 6.45) is 2.06. The van der Waals surface area contributed by atoms with E-state index in [1.807, 2.05) is 54.6 Å². The Morgan fingerprint density at radius 3 is 2.20 bits per heavy atom. The van der Waals surface area contributed by atoms with Gasteiger partial charge in [-0.15, -0.1) is 0 Å². The molecule has 0 unspecified atom stereocenters. The predicted molar refractivity (Wildman–Crippen MR) is 81.4 cm³/mol. The molecule has 0 saturated carbocycles. The first-order valence-corrected chi connectivity index (χ1v) is 12.8. The maximum absolute atomic E-state index is 12.2. The first-order chi connectivity index (χ1) is 9.59. The molecule has 2 aromatic carbocycles. The third kappa shape index (κ3) is 5.10. The number of halogens is 1. The first kappa shape index (κ1) is 15.9. The molecule has 0 radical (unpaired) electrons. The zero-order valence-corrected chi connectivity index (χ0v) is 14.9. The normalized spacial score (nSPS) is 11.7. The van der Waals surface area contributed by atoms with E-state index in [1.54, 1.807) is 11.8 Å². The van der Waals surface area contributed by atoms with Crippen molar-refractivity contribution in [1.82, 2.24) is 0 Å². The van der Waals surface area contributed by atoms with Crippen molar-refractivity contribution in [3.63, 3.8) is 0 Å². The Bertz CT molecular complexity index is 637. The minimum atomic E-state index is -3.01. The van der Waals surface area contributed by atoms with E-state index < -0.39 is 26.8 Å². The standard InChI is InChI=1S/C15H16IO2S2/c1-19-11-13-7-9-15(10-8-13)16-20(17,18)12-14-5-3-2-4-6-14/h2-10H,11-12H2,1H3/q-1. The van der Waals surface area contributed by atoms with Crippen LogP contribution in [0.1, 0.15) is 11.1 Å². The summed E-state index contributed by atoms with van der Waals surface area (Å²) >= 11 is 0.764. The molecule has 0 aliphatic rings. The SMILES string of the molecule is CSCc1ccc([I-]S(=O)(=O)Cc2ccccc2)cc1. The van der Waals surface area contributed by atoms with Crippen LogP contribution in [0.4, 0.5) is 0 Å². The van der Waals surface area contributed by atoms with Gasteiger partial charge in [0.15, 0.2) is 0 Å². The van der Waals surface area contributed by atoms with Gasteiger partial charge in [0, 0.05) is 0 Å². The summed E-state index contributed by atoms with van der Waals surface area (Å²) in [5, 5.41) is 0. The molecule has 2 nitrogen and oxygen atoms in total. The van der Waals surface area contributed by atoms with Gasteiger partial charge in [-0.25, -0.2) is 0 Å². The quantitative estimate of drug-likeness (QED) is 0.501. The van der Waals surface area contributed by atoms with Crippen LogP contribution in [0.2, 0.25) is 0 Å². The van der Waals surface area contributed by atoms with E-state index >= 15 is 0 Å². The van der Waals surface area contributed by atoms with Crippen LogP contribution in [0.15, 0.2) is 54.6 Å². The number of thioether (sulfide) groups is 1. The maximum atomic E-state index is 12.2. The fourth-order valence-corrected chi connectivity index (χ4v) is 8.39. The fraction of sp³-hybridized carbons (Fsp3) is 0.200. The third-order valence-corrected chi connectivity index (χ3v) is 9.52. The molecule has 0 saturated heterocycles. The van der Waals surface area contributed by atoms with Gasteiger partial charge in [0.05, 0.1) is 0 Å². The summed E-state index contributed by atoms with van der Waals surface area (Å²) in [4.78, 5) is 0. The molecule has 0 N–H and O–H groups in total. The van der Waals surface area contributed by atoms with E-state index in [-0.39, 0.29) is 5.75 Å². The van der Waals surface area contributed by atoms with Gasteiger partial charge >= 0.3 is 134 Å². The van der Waals surface area contributed by atoms with Crippen molar-refractivity contribution in [2.45, 2.75) is 11.5 Å². The van der Waals surface area contributed by atoms with E-state index in [4.69, 9.17) is 0 Å². The van der Waals surface area contributed by atoms with Gasteiger partial charge in [-0.2, -0.15) is 0 Å². The Morgan fingerprint density at radius 1 is 0.950 bits per heavy atom. The van der Waals surface area contributed by atoms with E-state index in [2.05, 4.69) is 6.26 Å². The van der Waals surface area contributed by atoms with Crippen molar-refractivity contribution in [3.05, 3.63) is 69.3 Å². The molecule has 0 bridgehead atoms. The van der Waals surface area contributed by atoms with Crippen LogP contribution in [0, 0.1) is 3.57 Å². The minimum absolute atomic E-state index is 0.147. The van der Waals surface area contributed by atoms with Crippen molar-refractivity contribution in [2.75, 3.05) is 6.26 Å². The summed E-state index contributed by atoms with van der Waals surface area (Å²) in [7, 11) is -3.01. The Morgan fingerprint density at radius 2 is 1.60 bits per heavy atom. The molecule has 0 heterocycles. The molecule has 0 spiro atoms. The van der Waals surface area contributed by atoms with Crippen LogP contribution < -0.4 is 19.8 Å². The van der Waals surface area contributed by atoms with Crippen molar-refractivity contribution in [1.29, 1.82) is 0 Å². The molecule has 0 aromatic heterocycles. The summed E-state index contributed by atoms with van der Waals surface area (Å²) < 4.78 is 25.4. The molecule has 0 aliphatic heterocycles. The van der Waals surface area contributed by atoms with Crippen molar-refractivity contribution >= 4 is 18.8 Å². The summed E-state index contributed by atoms with van der Waals surface area (Å²) in [6.45, 7) is 0. The first-order valence-electron chi connectivity index (χ1n) is 6.10. The molecule has 0 aliphatic carbocycles. The van der Waals surface area contributed by atoms with Crippen LogP contribution in [0.25, 0.3) is 0 Å². The third-order valence-electron chi connectivity index (χ3n) is 2.61. The summed E-state index contributed by atoms with van der Waals surface area (Å²) in [5.74, 6) is 1.11. The van der Waals surface area contributed by atoms with Crippen LogP contribution in [0.5, 0.6) is 0 Å². The molecule has 20 heavy (non-hydrogen) atoms. The molecule has 2 rings (SSSR count). The van der Waals surface area contributed by atoms with Gasteiger partial charge < -0.3 is 0 Å². The molecule has 0 amide bonds. The number of benzene rings is 2. The molecule has 2 aromatic rings. The van der Waals surface area contributed by atoms with E-state index in [0.717, 1.165) is 14.9 Å². The Kier molecular flexibility index (Phi) is 5.92. The zero-order chi connectivity index (χ0) is 14.4. The van der Waals surface area contributed by atoms with Crippen molar-refractivity contribution < 1.29 is 28.2 Å². The zero-order valence-electron chi connectivity index (χ0n) is 11.1. The second-order valence-electron chi connectivity index (χ2n) is 4.31. The number of hydrogen-bond donors (Lipinski definition) is 0. The van der Waals surface area contributed by atoms with Gasteiger partial charge in [-0.3, -0.25) is 0 Å². The van der Waals surface area contributed by atoms with Crippen LogP contribution in [-0.4, -0.2) is 14.7 Å². The molecule has 5 heteroatoms. The Hall–Kier alpha value is -0.530. The van der Waals surface area contributed by atoms with E-state index in [9.17, 15) is 8.42 Å². The molecule has 0 atom stereocenters. The Labute approximate surface area is 133 Å². The molecular formula is C15H16IO2S2-. The van der Waals surface area contributed by atoms with Crippen molar-refractivity contribution in [2.24, 2.45) is 0 Å². The second kappa shape index (κ2) is 7.47. The van der Waals surface area contributed by atoms with E-state index in [0.29, 0.717) is 0 Å².